The maximum Gasteiger partial charge on any atom is 0.325 e. The van der Waals surface area contributed by atoms with Crippen molar-refractivity contribution in [2.75, 3.05) is 6.61 Å². The van der Waals surface area contributed by atoms with Gasteiger partial charge in [-0.1, -0.05) is 25.1 Å². The lowest BCUT2D eigenvalue weighted by Crippen LogP contribution is -2.44. The first-order chi connectivity index (χ1) is 8.14. The van der Waals surface area contributed by atoms with Crippen LogP contribution in [0.5, 0.6) is 5.75 Å². The van der Waals surface area contributed by atoms with Gasteiger partial charge in [0.25, 0.3) is 0 Å². The second-order valence-electron chi connectivity index (χ2n) is 4.62. The van der Waals surface area contributed by atoms with Gasteiger partial charge in [-0.15, -0.1) is 0 Å². The van der Waals surface area contributed by atoms with E-state index < -0.39 is 17.4 Å². The Morgan fingerprint density at radius 1 is 1.29 bits per heavy atom. The minimum Gasteiger partial charge on any atom is -0.493 e. The summed E-state index contributed by atoms with van der Waals surface area (Å²) in [6.07, 6.45) is 0.118. The number of para-hydroxylation sites is 1. The summed E-state index contributed by atoms with van der Waals surface area (Å²) in [6, 6.07) is 7.35. The molecular weight excluding hydrogens is 220 g/mol. The zero-order valence-corrected chi connectivity index (χ0v) is 9.43. The van der Waals surface area contributed by atoms with Crippen LogP contribution in [0.25, 0.3) is 0 Å². The molecule has 1 fully saturated rings. The maximum absolute atomic E-state index is 12.0. The number of carbonyl (C=O) groups is 2. The SMILES string of the molecule is CC1COc2ccccc2C12CC(=O)OC2=O. The third-order valence-electron chi connectivity index (χ3n) is 3.69. The van der Waals surface area contributed by atoms with Crippen LogP contribution in [0.4, 0.5) is 0 Å². The van der Waals surface area contributed by atoms with Crippen molar-refractivity contribution in [3.63, 3.8) is 0 Å². The van der Waals surface area contributed by atoms with Crippen LogP contribution in [0, 0.1) is 5.92 Å². The molecule has 17 heavy (non-hydrogen) atoms. The molecule has 2 atom stereocenters. The summed E-state index contributed by atoms with van der Waals surface area (Å²) in [5.41, 5.74) is -0.0686. The molecule has 0 saturated carbocycles. The van der Waals surface area contributed by atoms with E-state index in [9.17, 15) is 9.59 Å². The highest BCUT2D eigenvalue weighted by Crippen LogP contribution is 2.48. The topological polar surface area (TPSA) is 52.6 Å². The summed E-state index contributed by atoms with van der Waals surface area (Å²) in [7, 11) is 0. The Kier molecular flexibility index (Phi) is 2.02. The Morgan fingerprint density at radius 2 is 2.06 bits per heavy atom. The molecule has 1 aromatic carbocycles. The van der Waals surface area contributed by atoms with Gasteiger partial charge in [0.05, 0.1) is 13.0 Å². The smallest absolute Gasteiger partial charge is 0.325 e. The summed E-state index contributed by atoms with van der Waals surface area (Å²) in [5, 5.41) is 0. The molecule has 0 amide bonds. The predicted molar refractivity (Wildman–Crippen MR) is 58.5 cm³/mol. The number of carbonyl (C=O) groups excluding carboxylic acids is 2. The van der Waals surface area contributed by atoms with Gasteiger partial charge < -0.3 is 9.47 Å². The largest absolute Gasteiger partial charge is 0.493 e. The van der Waals surface area contributed by atoms with Crippen molar-refractivity contribution >= 4 is 11.9 Å². The molecule has 0 N–H and O–H groups in total. The van der Waals surface area contributed by atoms with Crippen LogP contribution in [0.3, 0.4) is 0 Å². The molecule has 0 aromatic heterocycles. The lowest BCUT2D eigenvalue weighted by molar-refractivity contribution is -0.154. The quantitative estimate of drug-likeness (QED) is 0.501. The van der Waals surface area contributed by atoms with Crippen LogP contribution < -0.4 is 4.74 Å². The van der Waals surface area contributed by atoms with Crippen molar-refractivity contribution in [3.05, 3.63) is 29.8 Å². The molecule has 2 aliphatic rings. The van der Waals surface area contributed by atoms with E-state index in [2.05, 4.69) is 0 Å². The van der Waals surface area contributed by atoms with Crippen LogP contribution in [-0.2, 0) is 19.7 Å². The summed E-state index contributed by atoms with van der Waals surface area (Å²) in [6.45, 7) is 2.34. The molecule has 2 aliphatic heterocycles. The van der Waals surface area contributed by atoms with E-state index in [1.54, 1.807) is 0 Å². The van der Waals surface area contributed by atoms with Crippen LogP contribution in [0.15, 0.2) is 24.3 Å². The molecule has 2 heterocycles. The molecule has 1 spiro atoms. The maximum atomic E-state index is 12.0. The minimum absolute atomic E-state index is 0.0589. The summed E-state index contributed by atoms with van der Waals surface area (Å²) >= 11 is 0. The fraction of sp³-hybridized carbons (Fsp3) is 0.385. The summed E-state index contributed by atoms with van der Waals surface area (Å²) < 4.78 is 10.3. The normalized spacial score (nSPS) is 31.0. The van der Waals surface area contributed by atoms with Crippen LogP contribution in [0.2, 0.25) is 0 Å². The molecule has 1 saturated heterocycles. The standard InChI is InChI=1S/C13H12O4/c1-8-7-16-10-5-3-2-4-9(10)13(8)6-11(14)17-12(13)15/h2-5,8H,6-7H2,1H3. The van der Waals surface area contributed by atoms with Gasteiger partial charge in [0.15, 0.2) is 0 Å². The zero-order valence-electron chi connectivity index (χ0n) is 9.43. The molecule has 3 rings (SSSR count). The molecule has 0 aliphatic carbocycles. The monoisotopic (exact) mass is 232 g/mol. The van der Waals surface area contributed by atoms with Gasteiger partial charge in [-0.3, -0.25) is 9.59 Å². The summed E-state index contributed by atoms with van der Waals surface area (Å²) in [4.78, 5) is 23.4. The Morgan fingerprint density at radius 3 is 2.76 bits per heavy atom. The van der Waals surface area contributed by atoms with Crippen molar-refractivity contribution in [3.8, 4) is 5.75 Å². The number of esters is 2. The van der Waals surface area contributed by atoms with Gasteiger partial charge in [0, 0.05) is 11.5 Å². The molecule has 88 valence electrons. The van der Waals surface area contributed by atoms with Gasteiger partial charge in [0.2, 0.25) is 0 Å². The Hall–Kier alpha value is -1.84. The molecule has 4 heteroatoms. The molecule has 2 unspecified atom stereocenters. The van der Waals surface area contributed by atoms with Crippen LogP contribution in [-0.4, -0.2) is 18.5 Å². The first-order valence-corrected chi connectivity index (χ1v) is 5.62. The highest BCUT2D eigenvalue weighted by atomic mass is 16.6. The minimum atomic E-state index is -0.841. The number of benzene rings is 1. The Bertz CT molecular complexity index is 508. The van der Waals surface area contributed by atoms with E-state index in [1.165, 1.54) is 0 Å². The fourth-order valence-electron chi connectivity index (χ4n) is 2.69. The van der Waals surface area contributed by atoms with Crippen molar-refractivity contribution in [2.24, 2.45) is 5.92 Å². The number of hydrogen-bond acceptors (Lipinski definition) is 4. The van der Waals surface area contributed by atoms with E-state index in [-0.39, 0.29) is 12.3 Å². The fourth-order valence-corrected chi connectivity index (χ4v) is 2.69. The lowest BCUT2D eigenvalue weighted by Gasteiger charge is -2.36. The van der Waals surface area contributed by atoms with Crippen molar-refractivity contribution in [1.29, 1.82) is 0 Å². The third kappa shape index (κ3) is 1.24. The average molecular weight is 232 g/mol. The van der Waals surface area contributed by atoms with Gasteiger partial charge in [-0.2, -0.15) is 0 Å². The average Bonchev–Trinajstić information content (AvgIpc) is 2.61. The molecule has 4 nitrogen and oxygen atoms in total. The Labute approximate surface area is 98.5 Å². The number of rotatable bonds is 0. The van der Waals surface area contributed by atoms with Crippen LogP contribution >= 0.6 is 0 Å². The van der Waals surface area contributed by atoms with Crippen LogP contribution in [0.1, 0.15) is 18.9 Å². The first-order valence-electron chi connectivity index (χ1n) is 5.62. The van der Waals surface area contributed by atoms with Crippen molar-refractivity contribution in [2.45, 2.75) is 18.8 Å². The second kappa shape index (κ2) is 3.32. The van der Waals surface area contributed by atoms with Crippen molar-refractivity contribution in [1.82, 2.24) is 0 Å². The van der Waals surface area contributed by atoms with E-state index in [0.29, 0.717) is 12.4 Å². The van der Waals surface area contributed by atoms with E-state index in [0.717, 1.165) is 5.56 Å². The molecular formula is C13H12O4. The molecule has 1 aromatic rings. The highest BCUT2D eigenvalue weighted by Gasteiger charge is 2.57. The lowest BCUT2D eigenvalue weighted by atomic mass is 9.68. The van der Waals surface area contributed by atoms with Gasteiger partial charge in [-0.25, -0.2) is 0 Å². The number of ether oxygens (including phenoxy) is 2. The van der Waals surface area contributed by atoms with E-state index >= 15 is 0 Å². The number of fused-ring (bicyclic) bond motifs is 2. The first kappa shape index (κ1) is 10.3. The Balaban J connectivity index is 2.22. The highest BCUT2D eigenvalue weighted by molar-refractivity contribution is 6.02. The number of cyclic esters (lactones) is 2. The third-order valence-corrected chi connectivity index (χ3v) is 3.69. The van der Waals surface area contributed by atoms with Gasteiger partial charge in [0.1, 0.15) is 11.2 Å². The predicted octanol–water partition coefficient (Wildman–Crippen LogP) is 1.43. The number of hydrogen-bond donors (Lipinski definition) is 0. The molecule has 0 bridgehead atoms. The second-order valence-corrected chi connectivity index (χ2v) is 4.62. The van der Waals surface area contributed by atoms with Crippen molar-refractivity contribution < 1.29 is 19.1 Å². The van der Waals surface area contributed by atoms with Gasteiger partial charge in [-0.05, 0) is 6.07 Å². The molecule has 0 radical (unpaired) electrons. The zero-order chi connectivity index (χ0) is 12.0. The van der Waals surface area contributed by atoms with E-state index in [4.69, 9.17) is 9.47 Å². The van der Waals surface area contributed by atoms with Gasteiger partial charge >= 0.3 is 11.9 Å². The van der Waals surface area contributed by atoms with E-state index in [1.807, 2.05) is 31.2 Å². The summed E-state index contributed by atoms with van der Waals surface area (Å²) in [5.74, 6) is -0.266.